The summed E-state index contributed by atoms with van der Waals surface area (Å²) in [5.74, 6) is 0.939. The number of likely N-dealkylation sites (tertiary alicyclic amines) is 2. The van der Waals surface area contributed by atoms with Gasteiger partial charge in [0.25, 0.3) is 11.8 Å². The molecule has 0 saturated carbocycles. The highest BCUT2D eigenvalue weighted by Crippen LogP contribution is 2.37. The van der Waals surface area contributed by atoms with E-state index in [1.165, 1.54) is 14.2 Å². The Bertz CT molecular complexity index is 2740. The predicted molar refractivity (Wildman–Crippen MR) is 230 cm³/mol. The summed E-state index contributed by atoms with van der Waals surface area (Å²) in [5, 5.41) is 2.71. The molecule has 2 aliphatic rings. The van der Waals surface area contributed by atoms with Crippen molar-refractivity contribution in [3.05, 3.63) is 132 Å². The molecule has 3 N–H and O–H groups in total. The quantitative estimate of drug-likeness (QED) is 0.0486. The molecule has 4 atom stereocenters. The predicted octanol–water partition coefficient (Wildman–Crippen LogP) is 7.34. The number of fused-ring (bicyclic) bond motifs is 2. The molecule has 0 spiro atoms. The molecule has 6 heterocycles. The number of alkyl carbamates (subject to hydrolysis) is 1. The zero-order valence-electron chi connectivity index (χ0n) is 34.1. The third-order valence-electron chi connectivity index (χ3n) is 11.5. The fourth-order valence-electron chi connectivity index (χ4n) is 8.44. The Morgan fingerprint density at radius 1 is 0.710 bits per heavy atom. The van der Waals surface area contributed by atoms with Crippen LogP contribution in [0.3, 0.4) is 0 Å². The highest BCUT2D eigenvalue weighted by Gasteiger charge is 2.38. The molecule has 9 rings (SSSR count). The molecule has 0 radical (unpaired) electrons. The lowest BCUT2D eigenvalue weighted by atomic mass is 10.0. The highest BCUT2D eigenvalue weighted by molar-refractivity contribution is 5.88. The molecule has 2 aliphatic heterocycles. The first kappa shape index (κ1) is 40.0. The van der Waals surface area contributed by atoms with Crippen LogP contribution in [0.25, 0.3) is 44.6 Å². The van der Waals surface area contributed by atoms with Gasteiger partial charge in [0.2, 0.25) is 6.40 Å². The van der Waals surface area contributed by atoms with Crippen molar-refractivity contribution in [2.24, 2.45) is 4.99 Å². The van der Waals surface area contributed by atoms with Crippen LogP contribution in [0.2, 0.25) is 0 Å². The van der Waals surface area contributed by atoms with Crippen molar-refractivity contribution in [1.29, 1.82) is 0 Å². The van der Waals surface area contributed by atoms with E-state index in [1.54, 1.807) is 17.3 Å². The molecule has 4 aromatic heterocycles. The lowest BCUT2D eigenvalue weighted by Crippen LogP contribution is -2.42. The summed E-state index contributed by atoms with van der Waals surface area (Å²) >= 11 is 0. The summed E-state index contributed by atoms with van der Waals surface area (Å²) in [7, 11) is 2.65. The maximum absolute atomic E-state index is 14.0. The van der Waals surface area contributed by atoms with Crippen molar-refractivity contribution in [2.75, 3.05) is 27.3 Å². The van der Waals surface area contributed by atoms with Crippen LogP contribution in [0.5, 0.6) is 0 Å². The largest absolute Gasteiger partial charge is 0.453 e. The average molecular weight is 833 g/mol. The zero-order valence-corrected chi connectivity index (χ0v) is 34.1. The minimum Gasteiger partial charge on any atom is -0.453 e. The van der Waals surface area contributed by atoms with Crippen LogP contribution in [0.4, 0.5) is 4.79 Å². The van der Waals surface area contributed by atoms with Crippen LogP contribution in [0.1, 0.15) is 72.6 Å². The number of ether oxygens (including phenoxy) is 1. The summed E-state index contributed by atoms with van der Waals surface area (Å²) in [6, 6.07) is 28.5. The van der Waals surface area contributed by atoms with Gasteiger partial charge in [0.1, 0.15) is 17.7 Å². The number of benzene rings is 3. The normalized spacial score (nSPS) is 17.5. The fraction of sp³-hybridized carbons (Fsp3) is 0.261. The number of carbonyl (C=O) groups is 3. The number of aromatic amines is 2. The molecule has 16 heteroatoms. The van der Waals surface area contributed by atoms with Gasteiger partial charge in [0.05, 0.1) is 37.3 Å². The zero-order chi connectivity index (χ0) is 42.6. The Morgan fingerprint density at radius 2 is 1.23 bits per heavy atom. The molecule has 0 aliphatic carbocycles. The van der Waals surface area contributed by atoms with Gasteiger partial charge >= 0.3 is 6.09 Å². The van der Waals surface area contributed by atoms with Gasteiger partial charge in [0.15, 0.2) is 17.3 Å². The van der Waals surface area contributed by atoms with Gasteiger partial charge in [-0.2, -0.15) is 4.89 Å². The van der Waals surface area contributed by atoms with E-state index in [0.29, 0.717) is 41.6 Å². The van der Waals surface area contributed by atoms with Crippen molar-refractivity contribution in [3.63, 3.8) is 0 Å². The molecule has 16 nitrogen and oxygen atoms in total. The van der Waals surface area contributed by atoms with E-state index in [-0.39, 0.29) is 23.9 Å². The van der Waals surface area contributed by atoms with Crippen molar-refractivity contribution >= 4 is 46.6 Å². The van der Waals surface area contributed by atoms with E-state index in [9.17, 15) is 14.4 Å². The maximum atomic E-state index is 14.0. The number of hydrogen-bond acceptors (Lipinski definition) is 11. The van der Waals surface area contributed by atoms with E-state index in [0.717, 1.165) is 70.9 Å². The Hall–Kier alpha value is -7.46. The third-order valence-corrected chi connectivity index (χ3v) is 11.5. The molecular formula is C46H44N10O6. The first-order chi connectivity index (χ1) is 30.4. The van der Waals surface area contributed by atoms with Crippen LogP contribution in [0, 0.1) is 0 Å². The molecule has 2 saturated heterocycles. The number of pyridine rings is 2. The third kappa shape index (κ3) is 8.07. The molecule has 7 aromatic rings. The first-order valence-electron chi connectivity index (χ1n) is 20.5. The number of amides is 3. The average Bonchev–Trinajstić information content (AvgIpc) is 4.15. The Kier molecular flexibility index (Phi) is 11.4. The summed E-state index contributed by atoms with van der Waals surface area (Å²) < 4.78 is 4.84. The fourth-order valence-corrected chi connectivity index (χ4v) is 8.44. The number of nitrogens with zero attached hydrogens (tertiary/aromatic N) is 7. The molecular weight excluding hydrogens is 789 g/mol. The van der Waals surface area contributed by atoms with Gasteiger partial charge in [-0.1, -0.05) is 84.9 Å². The van der Waals surface area contributed by atoms with Gasteiger partial charge < -0.3 is 34.7 Å². The van der Waals surface area contributed by atoms with Crippen LogP contribution in [-0.4, -0.2) is 91.3 Å². The molecule has 2 fully saturated rings. The molecule has 62 heavy (non-hydrogen) atoms. The second-order valence-electron chi connectivity index (χ2n) is 15.2. The molecule has 3 amide bonds. The summed E-state index contributed by atoms with van der Waals surface area (Å²) in [6.45, 7) is 1.10. The summed E-state index contributed by atoms with van der Waals surface area (Å²) in [4.78, 5) is 83.6. The molecule has 3 aromatic carbocycles. The Balaban J connectivity index is 0.909. The van der Waals surface area contributed by atoms with Crippen molar-refractivity contribution < 1.29 is 28.9 Å². The van der Waals surface area contributed by atoms with Crippen molar-refractivity contribution in [1.82, 2.24) is 45.0 Å². The topological polar surface area (TPSA) is 193 Å². The van der Waals surface area contributed by atoms with Crippen molar-refractivity contribution in [3.8, 4) is 22.3 Å². The summed E-state index contributed by atoms with van der Waals surface area (Å²) in [6.07, 6.45) is 7.16. The number of aromatic nitrogens is 6. The minimum absolute atomic E-state index is 0.151. The number of carbonyl (C=O) groups excluding carboxylic acids is 3. The number of nitrogens with one attached hydrogen (secondary N) is 3. The Labute approximate surface area is 356 Å². The van der Waals surface area contributed by atoms with Crippen LogP contribution < -0.4 is 5.32 Å². The van der Waals surface area contributed by atoms with Crippen LogP contribution in [-0.2, 0) is 24.1 Å². The first-order valence-corrected chi connectivity index (χ1v) is 20.5. The highest BCUT2D eigenvalue weighted by atomic mass is 17.2. The molecule has 0 bridgehead atoms. The van der Waals surface area contributed by atoms with Crippen LogP contribution in [0.15, 0.2) is 114 Å². The van der Waals surface area contributed by atoms with E-state index >= 15 is 0 Å². The van der Waals surface area contributed by atoms with E-state index in [4.69, 9.17) is 19.6 Å². The van der Waals surface area contributed by atoms with Gasteiger partial charge in [-0.25, -0.2) is 29.7 Å². The number of methoxy groups -OCH3 is 1. The monoisotopic (exact) mass is 832 g/mol. The van der Waals surface area contributed by atoms with E-state index < -0.39 is 18.2 Å². The van der Waals surface area contributed by atoms with Crippen molar-refractivity contribution in [2.45, 2.75) is 49.9 Å². The number of hydrogen-bond donors (Lipinski definition) is 3. The van der Waals surface area contributed by atoms with Gasteiger partial charge in [-0.3, -0.25) is 9.59 Å². The number of H-pyrrole nitrogens is 2. The van der Waals surface area contributed by atoms with Gasteiger partial charge in [-0.15, -0.1) is 0 Å². The lowest BCUT2D eigenvalue weighted by molar-refractivity contribution is -0.188. The van der Waals surface area contributed by atoms with Crippen LogP contribution >= 0.6 is 0 Å². The number of rotatable bonds is 12. The Morgan fingerprint density at radius 3 is 1.74 bits per heavy atom. The second-order valence-corrected chi connectivity index (χ2v) is 15.2. The number of imidazole rings is 2. The minimum atomic E-state index is -0.904. The smallest absolute Gasteiger partial charge is 0.407 e. The standard InChI is InChI=1S/C46H44N10O6/c1-60-46(59)52-39(31-13-7-4-8-14-31)45(58)56-22-10-16-37(56)43-51-35-24-33(26-48-41(35)54-43)29-19-17-28(18-20-29)32-23-34-40(47-25-32)53-42(50-34)36-15-9-21-55(36)44(57)38(49-27-62-61-2)30-11-5-3-6-12-30/h3-8,11-14,17-20,23-27,36-39H,9-10,15-16,21-22H2,1-2H3,(H,52,59)(H,47,50,53)(H,48,51,54)/t36-,37-,38+,39-/m0/s1. The maximum Gasteiger partial charge on any atom is 0.407 e. The van der Waals surface area contributed by atoms with Gasteiger partial charge in [-0.05, 0) is 60.1 Å². The molecule has 0 unspecified atom stereocenters. The van der Waals surface area contributed by atoms with E-state index in [1.807, 2.05) is 102 Å². The second kappa shape index (κ2) is 17.6. The lowest BCUT2D eigenvalue weighted by Gasteiger charge is -2.28. The molecule has 314 valence electrons. The SMILES string of the molecule is COOC=N[C@@H](C(=O)N1CCC[C@H]1c1nc2ncc(-c3ccc(-c4cnc5nc([C@@H]6CCCN6C(=O)[C@@H](NC(=O)OC)c6ccccc6)[nH]c5c4)cc3)cc2[nH]1)c1ccccc1. The van der Waals surface area contributed by atoms with Gasteiger partial charge in [0, 0.05) is 36.6 Å². The van der Waals surface area contributed by atoms with E-state index in [2.05, 4.69) is 35.1 Å². The number of aliphatic imine (C=N–C) groups is 1. The summed E-state index contributed by atoms with van der Waals surface area (Å²) in [5.41, 5.74) is 7.81.